The largest absolute Gasteiger partial charge is 0.496 e. The van der Waals surface area contributed by atoms with Crippen LogP contribution in [0, 0.1) is 0 Å². The van der Waals surface area contributed by atoms with Crippen molar-refractivity contribution in [3.63, 3.8) is 0 Å². The molecule has 0 aromatic heterocycles. The van der Waals surface area contributed by atoms with Crippen molar-refractivity contribution in [3.05, 3.63) is 28.2 Å². The molecule has 3 unspecified atom stereocenters. The number of carbonyl (C=O) groups excluding carboxylic acids is 1. The first kappa shape index (κ1) is 17.7. The van der Waals surface area contributed by atoms with Crippen molar-refractivity contribution >= 4 is 21.8 Å². The molecule has 24 heavy (non-hydrogen) atoms. The van der Waals surface area contributed by atoms with Crippen LogP contribution >= 0.6 is 15.9 Å². The zero-order chi connectivity index (χ0) is 16.9. The summed E-state index contributed by atoms with van der Waals surface area (Å²) in [7, 11) is 1.64. The van der Waals surface area contributed by atoms with Gasteiger partial charge in [-0.1, -0.05) is 6.07 Å². The molecule has 1 aliphatic carbocycles. The smallest absolute Gasteiger partial charge is 0.220 e. The third-order valence-corrected chi connectivity index (χ3v) is 5.32. The van der Waals surface area contributed by atoms with E-state index in [0.717, 1.165) is 35.0 Å². The Morgan fingerprint density at radius 1 is 1.29 bits per heavy atom. The molecule has 1 aliphatic heterocycles. The molecule has 1 aromatic carbocycles. The van der Waals surface area contributed by atoms with Gasteiger partial charge in [0, 0.05) is 12.5 Å². The van der Waals surface area contributed by atoms with Crippen LogP contribution in [0.4, 0.5) is 0 Å². The quantitative estimate of drug-likeness (QED) is 0.829. The van der Waals surface area contributed by atoms with Gasteiger partial charge in [-0.2, -0.15) is 0 Å². The number of methoxy groups -OCH3 is 1. The van der Waals surface area contributed by atoms with Crippen molar-refractivity contribution in [2.24, 2.45) is 0 Å². The summed E-state index contributed by atoms with van der Waals surface area (Å²) < 4.78 is 17.6. The van der Waals surface area contributed by atoms with Crippen LogP contribution in [0.2, 0.25) is 0 Å². The van der Waals surface area contributed by atoms with Crippen molar-refractivity contribution in [2.75, 3.05) is 20.3 Å². The summed E-state index contributed by atoms with van der Waals surface area (Å²) in [6.07, 6.45) is 4.32. The highest BCUT2D eigenvalue weighted by molar-refractivity contribution is 9.10. The average Bonchev–Trinajstić information content (AvgIpc) is 2.60. The van der Waals surface area contributed by atoms with Crippen LogP contribution in [-0.2, 0) is 20.7 Å². The van der Waals surface area contributed by atoms with Crippen molar-refractivity contribution in [3.8, 4) is 5.75 Å². The Bertz CT molecular complexity index is 580. The number of nitrogens with one attached hydrogen (secondary N) is 1. The fourth-order valence-electron chi connectivity index (χ4n) is 3.42. The van der Waals surface area contributed by atoms with Crippen molar-refractivity contribution < 1.29 is 19.0 Å². The van der Waals surface area contributed by atoms with Gasteiger partial charge in [0.15, 0.2) is 0 Å². The molecule has 0 bridgehead atoms. The highest BCUT2D eigenvalue weighted by Gasteiger charge is 2.34. The number of rotatable bonds is 5. The van der Waals surface area contributed by atoms with Gasteiger partial charge in [0.1, 0.15) is 5.75 Å². The van der Waals surface area contributed by atoms with Crippen LogP contribution in [0.1, 0.15) is 31.2 Å². The second-order valence-electron chi connectivity index (χ2n) is 6.36. The molecule has 1 heterocycles. The van der Waals surface area contributed by atoms with E-state index in [1.165, 1.54) is 0 Å². The average molecular weight is 398 g/mol. The molecule has 1 amide bonds. The van der Waals surface area contributed by atoms with Gasteiger partial charge in [0.2, 0.25) is 5.91 Å². The Morgan fingerprint density at radius 2 is 2.08 bits per heavy atom. The van der Waals surface area contributed by atoms with E-state index in [4.69, 9.17) is 14.2 Å². The van der Waals surface area contributed by atoms with Crippen LogP contribution < -0.4 is 10.1 Å². The molecule has 1 N–H and O–H groups in total. The van der Waals surface area contributed by atoms with Crippen LogP contribution in [-0.4, -0.2) is 44.5 Å². The highest BCUT2D eigenvalue weighted by Crippen LogP contribution is 2.27. The SMILES string of the molecule is COc1ccc(CCC(=O)NC2CCC3OCCOC3C2)cc1Br. The van der Waals surface area contributed by atoms with Gasteiger partial charge in [-0.3, -0.25) is 4.79 Å². The van der Waals surface area contributed by atoms with Crippen LogP contribution in [0.25, 0.3) is 0 Å². The Labute approximate surface area is 151 Å². The van der Waals surface area contributed by atoms with Gasteiger partial charge < -0.3 is 19.5 Å². The van der Waals surface area contributed by atoms with Gasteiger partial charge in [-0.05, 0) is 59.3 Å². The maximum Gasteiger partial charge on any atom is 0.220 e. The fourth-order valence-corrected chi connectivity index (χ4v) is 4.01. The van der Waals surface area contributed by atoms with Gasteiger partial charge in [-0.25, -0.2) is 0 Å². The molecule has 1 saturated heterocycles. The standard InChI is InChI=1S/C18H24BrNO4/c1-22-15-5-2-12(10-14(15)19)3-7-18(21)20-13-4-6-16-17(11-13)24-9-8-23-16/h2,5,10,13,16-17H,3-4,6-9,11H2,1H3,(H,20,21). The van der Waals surface area contributed by atoms with Crippen molar-refractivity contribution in [2.45, 2.75) is 50.4 Å². The zero-order valence-electron chi connectivity index (χ0n) is 13.9. The molecule has 3 atom stereocenters. The van der Waals surface area contributed by atoms with E-state index < -0.39 is 0 Å². The molecular weight excluding hydrogens is 374 g/mol. The number of aryl methyl sites for hydroxylation is 1. The minimum Gasteiger partial charge on any atom is -0.496 e. The van der Waals surface area contributed by atoms with Gasteiger partial charge in [0.05, 0.1) is 37.0 Å². The maximum absolute atomic E-state index is 12.2. The molecule has 6 heteroatoms. The van der Waals surface area contributed by atoms with E-state index >= 15 is 0 Å². The summed E-state index contributed by atoms with van der Waals surface area (Å²) in [6.45, 7) is 1.35. The Balaban J connectivity index is 1.45. The predicted octanol–water partition coefficient (Wildman–Crippen LogP) is 2.84. The van der Waals surface area contributed by atoms with Crippen molar-refractivity contribution in [1.29, 1.82) is 0 Å². The molecule has 3 rings (SSSR count). The lowest BCUT2D eigenvalue weighted by molar-refractivity contribution is -0.158. The molecular formula is C18H24BrNO4. The third kappa shape index (κ3) is 4.49. The van der Waals surface area contributed by atoms with Crippen molar-refractivity contribution in [1.82, 2.24) is 5.32 Å². The minimum atomic E-state index is 0.0992. The Morgan fingerprint density at radius 3 is 2.83 bits per heavy atom. The summed E-state index contributed by atoms with van der Waals surface area (Å²) in [5.41, 5.74) is 1.12. The second kappa shape index (κ2) is 8.32. The first-order valence-corrected chi connectivity index (χ1v) is 9.30. The van der Waals surface area contributed by atoms with E-state index in [1.54, 1.807) is 7.11 Å². The molecule has 2 aliphatic rings. The van der Waals surface area contributed by atoms with Gasteiger partial charge in [0.25, 0.3) is 0 Å². The van der Waals surface area contributed by atoms with Crippen LogP contribution in [0.15, 0.2) is 22.7 Å². The summed E-state index contributed by atoms with van der Waals surface area (Å²) in [5, 5.41) is 3.15. The number of amides is 1. The van der Waals surface area contributed by atoms with E-state index in [-0.39, 0.29) is 24.2 Å². The molecule has 1 aromatic rings. The molecule has 0 radical (unpaired) electrons. The molecule has 132 valence electrons. The first-order valence-electron chi connectivity index (χ1n) is 8.50. The summed E-state index contributed by atoms with van der Waals surface area (Å²) in [4.78, 5) is 12.2. The lowest BCUT2D eigenvalue weighted by Crippen LogP contribution is -2.49. The van der Waals surface area contributed by atoms with E-state index in [2.05, 4.69) is 21.2 Å². The number of hydrogen-bond acceptors (Lipinski definition) is 4. The Hall–Kier alpha value is -1.11. The van der Waals surface area contributed by atoms with Gasteiger partial charge in [-0.15, -0.1) is 0 Å². The lowest BCUT2D eigenvalue weighted by atomic mass is 9.89. The lowest BCUT2D eigenvalue weighted by Gasteiger charge is -2.39. The van der Waals surface area contributed by atoms with Crippen LogP contribution in [0.3, 0.4) is 0 Å². The molecule has 0 spiro atoms. The number of benzene rings is 1. The predicted molar refractivity (Wildman–Crippen MR) is 94.3 cm³/mol. The first-order chi connectivity index (χ1) is 11.7. The zero-order valence-corrected chi connectivity index (χ0v) is 15.5. The van der Waals surface area contributed by atoms with E-state index in [1.807, 2.05) is 18.2 Å². The van der Waals surface area contributed by atoms with E-state index in [9.17, 15) is 4.79 Å². The highest BCUT2D eigenvalue weighted by atomic mass is 79.9. The van der Waals surface area contributed by atoms with Crippen LogP contribution in [0.5, 0.6) is 5.75 Å². The molecule has 5 nitrogen and oxygen atoms in total. The summed E-state index contributed by atoms with van der Waals surface area (Å²) >= 11 is 3.48. The number of hydrogen-bond donors (Lipinski definition) is 1. The minimum absolute atomic E-state index is 0.0992. The maximum atomic E-state index is 12.2. The number of ether oxygens (including phenoxy) is 3. The number of carbonyl (C=O) groups is 1. The monoisotopic (exact) mass is 397 g/mol. The number of halogens is 1. The van der Waals surface area contributed by atoms with E-state index in [0.29, 0.717) is 26.1 Å². The number of fused-ring (bicyclic) bond motifs is 1. The second-order valence-corrected chi connectivity index (χ2v) is 7.22. The normalized spacial score (nSPS) is 26.5. The molecule has 1 saturated carbocycles. The summed E-state index contributed by atoms with van der Waals surface area (Å²) in [5.74, 6) is 0.900. The third-order valence-electron chi connectivity index (χ3n) is 4.70. The summed E-state index contributed by atoms with van der Waals surface area (Å²) in [6, 6.07) is 6.11. The molecule has 2 fully saturated rings. The van der Waals surface area contributed by atoms with Gasteiger partial charge >= 0.3 is 0 Å². The fraction of sp³-hybridized carbons (Fsp3) is 0.611. The topological polar surface area (TPSA) is 56.8 Å². The Kier molecular flexibility index (Phi) is 6.14.